The van der Waals surface area contributed by atoms with E-state index in [1.165, 1.54) is 25.7 Å². The smallest absolute Gasteiger partial charge is 0.518 e. The first kappa shape index (κ1) is 21.3. The Morgan fingerprint density at radius 1 is 0.958 bits per heavy atom. The second-order valence-electron chi connectivity index (χ2n) is 6.43. The first-order valence-electron chi connectivity index (χ1n) is 8.53. The zero-order valence-corrected chi connectivity index (χ0v) is 15.3. The number of benzene rings is 1. The maximum atomic E-state index is 5.47. The molecule has 0 saturated carbocycles. The molecule has 4 nitrogen and oxygen atoms in total. The summed E-state index contributed by atoms with van der Waals surface area (Å²) in [7, 11) is 0. The number of hydrogen-bond donors (Lipinski definition) is 0. The summed E-state index contributed by atoms with van der Waals surface area (Å²) in [6.45, 7) is 8.77. The maximum Gasteiger partial charge on any atom is 1.00 e. The van der Waals surface area contributed by atoms with Gasteiger partial charge in [0.2, 0.25) is 0 Å². The van der Waals surface area contributed by atoms with Crippen molar-refractivity contribution in [1.82, 2.24) is 0 Å². The summed E-state index contributed by atoms with van der Waals surface area (Å²) in [5, 5.41) is 0. The molecule has 0 radical (unpaired) electrons. The molecule has 1 aromatic rings. The largest absolute Gasteiger partial charge is 1.00 e. The van der Waals surface area contributed by atoms with Crippen molar-refractivity contribution in [2.45, 2.75) is 45.1 Å². The van der Waals surface area contributed by atoms with Crippen LogP contribution in [0.4, 0.5) is 0 Å². The molecule has 0 amide bonds. The zero-order chi connectivity index (χ0) is 16.4. The van der Waals surface area contributed by atoms with Crippen LogP contribution in [-0.2, 0) is 14.2 Å². The molecule has 0 aliphatic carbocycles. The van der Waals surface area contributed by atoms with E-state index in [9.17, 15) is 0 Å². The van der Waals surface area contributed by atoms with Crippen molar-refractivity contribution in [2.75, 3.05) is 33.0 Å². The molecule has 3 heterocycles. The topological polar surface area (TPSA) is 40.0 Å². The Bertz CT molecular complexity index is 444. The van der Waals surface area contributed by atoms with Gasteiger partial charge in [0.1, 0.15) is 12.5 Å². The van der Waals surface area contributed by atoms with Crippen LogP contribution >= 0.6 is 0 Å². The molecule has 1 aromatic carbocycles. The fraction of sp³-hybridized carbons (Fsp3) is 0.632. The van der Waals surface area contributed by atoms with E-state index in [1.807, 2.05) is 24.3 Å². The maximum absolute atomic E-state index is 5.47. The summed E-state index contributed by atoms with van der Waals surface area (Å²) in [6.07, 6.45) is 5.11. The van der Waals surface area contributed by atoms with Crippen LogP contribution in [0.15, 0.2) is 29.3 Å². The summed E-state index contributed by atoms with van der Waals surface area (Å²) in [5.74, 6) is 0.714. The molecule has 4 rings (SSSR count). The van der Waals surface area contributed by atoms with Gasteiger partial charge in [0.25, 0.3) is 0 Å². The Kier molecular flexibility index (Phi) is 10.4. The third-order valence-corrected chi connectivity index (χ3v) is 3.56. The summed E-state index contributed by atoms with van der Waals surface area (Å²) in [5.41, 5.74) is 0.854. The first-order chi connectivity index (χ1) is 11.2. The van der Waals surface area contributed by atoms with Crippen molar-refractivity contribution in [1.29, 1.82) is 0 Å². The van der Waals surface area contributed by atoms with Crippen LogP contribution in [0.1, 0.15) is 45.1 Å². The second-order valence-corrected chi connectivity index (χ2v) is 6.43. The number of hydrogen-bond acceptors (Lipinski definition) is 4. The molecule has 5 heteroatoms. The summed E-state index contributed by atoms with van der Waals surface area (Å²) in [6, 6.07) is 10.8. The fourth-order valence-corrected chi connectivity index (χ4v) is 2.27. The monoisotopic (exact) mass is 325 g/mol. The molecular weight excluding hydrogens is 297 g/mol. The van der Waals surface area contributed by atoms with Crippen molar-refractivity contribution >= 4 is 5.90 Å². The molecule has 0 bridgehead atoms. The molecule has 24 heavy (non-hydrogen) atoms. The van der Waals surface area contributed by atoms with Crippen molar-refractivity contribution in [3.05, 3.63) is 35.9 Å². The van der Waals surface area contributed by atoms with E-state index in [0.29, 0.717) is 12.5 Å². The summed E-state index contributed by atoms with van der Waals surface area (Å²) >= 11 is 0. The van der Waals surface area contributed by atoms with Crippen LogP contribution in [0.2, 0.25) is 0 Å². The third kappa shape index (κ3) is 8.35. The summed E-state index contributed by atoms with van der Waals surface area (Å²) in [4.78, 5) is 4.45. The summed E-state index contributed by atoms with van der Waals surface area (Å²) < 4.78 is 15.4. The van der Waals surface area contributed by atoms with Crippen molar-refractivity contribution in [3.8, 4) is 0 Å². The quantitative estimate of drug-likeness (QED) is 0.562. The normalized spacial score (nSPS) is 20.5. The second kappa shape index (κ2) is 11.7. The van der Waals surface area contributed by atoms with Gasteiger partial charge in [-0.15, -0.1) is 30.3 Å². The Morgan fingerprint density at radius 2 is 1.54 bits per heavy atom. The van der Waals surface area contributed by atoms with Crippen molar-refractivity contribution < 1.29 is 33.1 Å². The van der Waals surface area contributed by atoms with Gasteiger partial charge >= 0.3 is 18.9 Å². The van der Waals surface area contributed by atoms with E-state index in [4.69, 9.17) is 14.2 Å². The number of nitrogens with zero attached hydrogens (tertiary/aromatic N) is 1. The number of aliphatic imine (C=N–C) groups is 1. The van der Waals surface area contributed by atoms with Crippen LogP contribution in [0, 0.1) is 6.07 Å². The molecule has 0 N–H and O–H groups in total. The van der Waals surface area contributed by atoms with E-state index < -0.39 is 0 Å². The Balaban J connectivity index is 0.000000216. The predicted molar refractivity (Wildman–Crippen MR) is 92.0 cm³/mol. The van der Waals surface area contributed by atoms with E-state index in [1.54, 1.807) is 0 Å². The Morgan fingerprint density at radius 3 is 1.88 bits per heavy atom. The van der Waals surface area contributed by atoms with Crippen molar-refractivity contribution in [3.63, 3.8) is 0 Å². The van der Waals surface area contributed by atoms with Crippen LogP contribution in [0.25, 0.3) is 0 Å². The van der Waals surface area contributed by atoms with Crippen LogP contribution < -0.4 is 18.9 Å². The van der Waals surface area contributed by atoms with Gasteiger partial charge in [-0.25, -0.2) is 0 Å². The number of rotatable bonds is 1. The van der Waals surface area contributed by atoms with Gasteiger partial charge in [-0.3, -0.25) is 4.99 Å². The van der Waals surface area contributed by atoms with Gasteiger partial charge in [0, 0.05) is 26.4 Å². The first-order valence-corrected chi connectivity index (χ1v) is 8.53. The molecule has 0 aromatic heterocycles. The molecule has 2 saturated heterocycles. The molecule has 128 valence electrons. The molecule has 0 spiro atoms. The van der Waals surface area contributed by atoms with E-state index in [2.05, 4.69) is 24.9 Å². The standard InChI is InChI=1S/C11H12NO.2C4H8O.Li/c1-11(2)8-13-10(12-11)9-6-4-3-5-7-9;2*1-2-4-5-3-1;/h3-6H,8H2,1-2H3;2*1-4H2;/q-1;;;+1. The third-order valence-electron chi connectivity index (χ3n) is 3.56. The average molecular weight is 325 g/mol. The minimum atomic E-state index is -0.0843. The molecule has 3 aliphatic heterocycles. The van der Waals surface area contributed by atoms with Gasteiger partial charge < -0.3 is 14.2 Å². The fourth-order valence-electron chi connectivity index (χ4n) is 2.27. The Hall–Kier alpha value is -0.793. The molecule has 0 unspecified atom stereocenters. The number of ether oxygens (including phenoxy) is 3. The van der Waals surface area contributed by atoms with Crippen molar-refractivity contribution in [2.24, 2.45) is 4.99 Å². The van der Waals surface area contributed by atoms with Gasteiger partial charge in [-0.1, -0.05) is 5.56 Å². The minimum absolute atomic E-state index is 0. The SMILES string of the molecule is C1CCOC1.C1CCOC1.CC1(C)COC(c2[c-]cccc2)=N1.[Li+]. The van der Waals surface area contributed by atoms with Crippen LogP contribution in [0.5, 0.6) is 0 Å². The predicted octanol–water partition coefficient (Wildman–Crippen LogP) is 0.640. The Labute approximate surface area is 158 Å². The minimum Gasteiger partial charge on any atom is -0.518 e. The van der Waals surface area contributed by atoms with E-state index in [-0.39, 0.29) is 24.4 Å². The molecule has 0 atom stereocenters. The van der Waals surface area contributed by atoms with Crippen LogP contribution in [-0.4, -0.2) is 44.5 Å². The zero-order valence-electron chi connectivity index (χ0n) is 15.3. The van der Waals surface area contributed by atoms with Gasteiger partial charge in [-0.05, 0) is 39.5 Å². The molecule has 2 fully saturated rings. The average Bonchev–Trinajstić information content (AvgIpc) is 3.33. The van der Waals surface area contributed by atoms with Gasteiger partial charge in [0.05, 0.1) is 5.54 Å². The van der Waals surface area contributed by atoms with Gasteiger partial charge in [-0.2, -0.15) is 0 Å². The molecule has 3 aliphatic rings. The van der Waals surface area contributed by atoms with Gasteiger partial charge in [0.15, 0.2) is 0 Å². The van der Waals surface area contributed by atoms with E-state index in [0.717, 1.165) is 32.0 Å². The van der Waals surface area contributed by atoms with Crippen LogP contribution in [0.3, 0.4) is 0 Å². The van der Waals surface area contributed by atoms with E-state index >= 15 is 0 Å². The molecular formula is C19H28LiNO3.